The first-order chi connectivity index (χ1) is 6.95. The van der Waals surface area contributed by atoms with Crippen molar-refractivity contribution in [3.8, 4) is 0 Å². The number of Topliss-reactive ketones (excluding diaryl/α,β-unsaturated/α-hetero) is 1. The minimum atomic E-state index is -2.12. The molecule has 0 aromatic rings. The summed E-state index contributed by atoms with van der Waals surface area (Å²) >= 11 is 0. The van der Waals surface area contributed by atoms with Crippen LogP contribution in [0, 0.1) is 0 Å². The predicted octanol–water partition coefficient (Wildman–Crippen LogP) is 2.67. The standard InChI is InChI=1S/C11H22O3Si/c1-6-13-15(5,14-7-2)9-8-11(12)10(3)4/h3,6-9H2,1-2,4-5H3. The summed E-state index contributed by atoms with van der Waals surface area (Å²) in [6.07, 6.45) is 0.484. The summed E-state index contributed by atoms with van der Waals surface area (Å²) in [5.74, 6) is 0.105. The lowest BCUT2D eigenvalue weighted by atomic mass is 10.2. The zero-order valence-corrected chi connectivity index (χ0v) is 11.3. The van der Waals surface area contributed by atoms with Gasteiger partial charge in [0.15, 0.2) is 5.78 Å². The molecule has 0 fully saturated rings. The van der Waals surface area contributed by atoms with Crippen LogP contribution in [-0.4, -0.2) is 27.6 Å². The average Bonchev–Trinajstić information content (AvgIpc) is 2.15. The van der Waals surface area contributed by atoms with Crippen molar-refractivity contribution in [1.82, 2.24) is 0 Å². The Bertz CT molecular complexity index is 220. The maximum absolute atomic E-state index is 11.4. The smallest absolute Gasteiger partial charge is 0.335 e. The Morgan fingerprint density at radius 1 is 1.27 bits per heavy atom. The molecule has 4 heteroatoms. The van der Waals surface area contributed by atoms with Gasteiger partial charge >= 0.3 is 8.56 Å². The molecule has 0 heterocycles. The summed E-state index contributed by atoms with van der Waals surface area (Å²) in [7, 11) is -2.12. The molecule has 0 N–H and O–H groups in total. The van der Waals surface area contributed by atoms with Crippen molar-refractivity contribution >= 4 is 14.3 Å². The summed E-state index contributed by atoms with van der Waals surface area (Å²) in [4.78, 5) is 11.4. The van der Waals surface area contributed by atoms with E-state index in [2.05, 4.69) is 6.58 Å². The van der Waals surface area contributed by atoms with Gasteiger partial charge in [0.05, 0.1) is 0 Å². The van der Waals surface area contributed by atoms with Crippen molar-refractivity contribution in [1.29, 1.82) is 0 Å². The van der Waals surface area contributed by atoms with E-state index in [1.165, 1.54) is 0 Å². The van der Waals surface area contributed by atoms with Crippen LogP contribution in [0.2, 0.25) is 12.6 Å². The third-order valence-corrected chi connectivity index (χ3v) is 5.14. The van der Waals surface area contributed by atoms with Gasteiger partial charge in [-0.15, -0.1) is 0 Å². The number of carbonyl (C=O) groups excluding carboxylic acids is 1. The van der Waals surface area contributed by atoms with Crippen molar-refractivity contribution in [2.24, 2.45) is 0 Å². The molecule has 0 radical (unpaired) electrons. The number of hydrogen-bond donors (Lipinski definition) is 0. The van der Waals surface area contributed by atoms with Gasteiger partial charge in [0.25, 0.3) is 0 Å². The Kier molecular flexibility index (Phi) is 6.72. The van der Waals surface area contributed by atoms with Crippen LogP contribution >= 0.6 is 0 Å². The first-order valence-corrected chi connectivity index (χ1v) is 7.94. The maximum atomic E-state index is 11.4. The van der Waals surface area contributed by atoms with Crippen molar-refractivity contribution < 1.29 is 13.6 Å². The number of hydrogen-bond acceptors (Lipinski definition) is 3. The summed E-state index contributed by atoms with van der Waals surface area (Å²) in [5, 5.41) is 0. The highest BCUT2D eigenvalue weighted by molar-refractivity contribution is 6.66. The summed E-state index contributed by atoms with van der Waals surface area (Å²) < 4.78 is 11.3. The second kappa shape index (κ2) is 6.93. The van der Waals surface area contributed by atoms with Crippen LogP contribution in [0.1, 0.15) is 27.2 Å². The molecule has 0 atom stereocenters. The zero-order valence-electron chi connectivity index (χ0n) is 10.3. The van der Waals surface area contributed by atoms with Crippen molar-refractivity contribution in [3.05, 3.63) is 12.2 Å². The fourth-order valence-electron chi connectivity index (χ4n) is 1.35. The van der Waals surface area contributed by atoms with E-state index in [0.29, 0.717) is 31.3 Å². The Balaban J connectivity index is 4.17. The van der Waals surface area contributed by atoms with Crippen molar-refractivity contribution in [2.45, 2.75) is 39.8 Å². The van der Waals surface area contributed by atoms with E-state index in [-0.39, 0.29) is 5.78 Å². The molecule has 0 aliphatic carbocycles. The number of allylic oxidation sites excluding steroid dienone is 1. The van der Waals surface area contributed by atoms with Crippen LogP contribution in [0.15, 0.2) is 12.2 Å². The molecular formula is C11H22O3Si. The molecule has 0 amide bonds. The molecule has 88 valence electrons. The van der Waals surface area contributed by atoms with Crippen LogP contribution in [0.5, 0.6) is 0 Å². The molecule has 0 aliphatic rings. The van der Waals surface area contributed by atoms with Gasteiger partial charge in [0.2, 0.25) is 0 Å². The minimum absolute atomic E-state index is 0.105. The molecule has 15 heavy (non-hydrogen) atoms. The maximum Gasteiger partial charge on any atom is 0.335 e. The van der Waals surface area contributed by atoms with E-state index in [9.17, 15) is 4.79 Å². The topological polar surface area (TPSA) is 35.5 Å². The van der Waals surface area contributed by atoms with E-state index >= 15 is 0 Å². The SMILES string of the molecule is C=C(C)C(=O)CC[Si](C)(OCC)OCC. The van der Waals surface area contributed by atoms with E-state index in [1.807, 2.05) is 20.4 Å². The first-order valence-electron chi connectivity index (χ1n) is 5.41. The molecule has 3 nitrogen and oxygen atoms in total. The molecule has 0 aliphatic heterocycles. The lowest BCUT2D eigenvalue weighted by molar-refractivity contribution is -0.115. The average molecular weight is 230 g/mol. The van der Waals surface area contributed by atoms with E-state index < -0.39 is 8.56 Å². The normalized spacial score (nSPS) is 11.5. The molecule has 0 rings (SSSR count). The highest BCUT2D eigenvalue weighted by atomic mass is 28.4. The summed E-state index contributed by atoms with van der Waals surface area (Å²) in [5.41, 5.74) is 0.611. The molecule has 0 bridgehead atoms. The van der Waals surface area contributed by atoms with Gasteiger partial charge in [-0.05, 0) is 38.9 Å². The summed E-state index contributed by atoms with van der Waals surface area (Å²) in [6.45, 7) is 12.6. The molecule has 0 saturated carbocycles. The Hall–Kier alpha value is -0.453. The van der Waals surface area contributed by atoms with Crippen LogP contribution in [-0.2, 0) is 13.6 Å². The predicted molar refractivity (Wildman–Crippen MR) is 64.1 cm³/mol. The second-order valence-corrected chi connectivity index (χ2v) is 7.05. The Morgan fingerprint density at radius 2 is 1.73 bits per heavy atom. The molecular weight excluding hydrogens is 208 g/mol. The van der Waals surface area contributed by atoms with Crippen LogP contribution < -0.4 is 0 Å². The highest BCUT2D eigenvalue weighted by Crippen LogP contribution is 2.17. The van der Waals surface area contributed by atoms with Crippen LogP contribution in [0.3, 0.4) is 0 Å². The summed E-state index contributed by atoms with van der Waals surface area (Å²) in [6, 6.07) is 0.709. The molecule has 0 saturated heterocycles. The number of carbonyl (C=O) groups is 1. The molecule has 0 aromatic heterocycles. The van der Waals surface area contributed by atoms with Gasteiger partial charge in [-0.1, -0.05) is 6.58 Å². The number of rotatable bonds is 8. The van der Waals surface area contributed by atoms with E-state index in [0.717, 1.165) is 0 Å². The Labute approximate surface area is 93.7 Å². The fraction of sp³-hybridized carbons (Fsp3) is 0.727. The molecule has 0 unspecified atom stereocenters. The third-order valence-electron chi connectivity index (χ3n) is 2.18. The highest BCUT2D eigenvalue weighted by Gasteiger charge is 2.31. The van der Waals surface area contributed by atoms with E-state index in [1.54, 1.807) is 6.92 Å². The van der Waals surface area contributed by atoms with Crippen LogP contribution in [0.25, 0.3) is 0 Å². The molecule has 0 aromatic carbocycles. The minimum Gasteiger partial charge on any atom is -0.395 e. The van der Waals surface area contributed by atoms with E-state index in [4.69, 9.17) is 8.85 Å². The van der Waals surface area contributed by atoms with Crippen molar-refractivity contribution in [2.75, 3.05) is 13.2 Å². The second-order valence-electron chi connectivity index (χ2n) is 3.70. The van der Waals surface area contributed by atoms with Gasteiger partial charge in [-0.3, -0.25) is 4.79 Å². The van der Waals surface area contributed by atoms with Gasteiger partial charge in [-0.2, -0.15) is 0 Å². The molecule has 0 spiro atoms. The van der Waals surface area contributed by atoms with Gasteiger partial charge in [0.1, 0.15) is 0 Å². The van der Waals surface area contributed by atoms with Crippen molar-refractivity contribution in [3.63, 3.8) is 0 Å². The first kappa shape index (κ1) is 14.5. The number of ketones is 1. The third kappa shape index (κ3) is 5.87. The largest absolute Gasteiger partial charge is 0.395 e. The van der Waals surface area contributed by atoms with Gasteiger partial charge in [0, 0.05) is 19.6 Å². The van der Waals surface area contributed by atoms with Crippen LogP contribution in [0.4, 0.5) is 0 Å². The lowest BCUT2D eigenvalue weighted by Crippen LogP contribution is -2.39. The monoisotopic (exact) mass is 230 g/mol. The quantitative estimate of drug-likeness (QED) is 0.475. The fourth-order valence-corrected chi connectivity index (χ4v) is 3.63. The van der Waals surface area contributed by atoms with Gasteiger partial charge < -0.3 is 8.85 Å². The zero-order chi connectivity index (χ0) is 11.9. The van der Waals surface area contributed by atoms with Gasteiger partial charge in [-0.25, -0.2) is 0 Å². The lowest BCUT2D eigenvalue weighted by Gasteiger charge is -2.25. The Morgan fingerprint density at radius 3 is 2.07 bits per heavy atom.